The van der Waals surface area contributed by atoms with E-state index < -0.39 is 0 Å². The first-order valence-corrected chi connectivity index (χ1v) is 11.4. The lowest BCUT2D eigenvalue weighted by Crippen LogP contribution is -2.43. The van der Waals surface area contributed by atoms with E-state index in [1.54, 1.807) is 11.3 Å². The molecule has 0 bridgehead atoms. The van der Waals surface area contributed by atoms with Gasteiger partial charge in [-0.25, -0.2) is 4.98 Å². The number of likely N-dealkylation sites (tertiary alicyclic amines) is 2. The van der Waals surface area contributed by atoms with Crippen LogP contribution in [0.15, 0.2) is 54.6 Å². The van der Waals surface area contributed by atoms with E-state index in [0.717, 1.165) is 35.5 Å². The number of aromatic nitrogens is 1. The number of amides is 2. The lowest BCUT2D eigenvalue weighted by atomic mass is 9.96. The molecule has 2 aromatic carbocycles. The first kappa shape index (κ1) is 19.2. The Bertz CT molecular complexity index is 1030. The number of para-hydroxylation sites is 1. The maximum Gasteiger partial charge on any atom is 0.228 e. The quantitative estimate of drug-likeness (QED) is 0.641. The molecule has 1 aromatic heterocycles. The van der Waals surface area contributed by atoms with Crippen LogP contribution in [-0.2, 0) is 16.1 Å². The van der Waals surface area contributed by atoms with Crippen LogP contribution in [0, 0.1) is 5.92 Å². The normalized spacial score (nSPS) is 22.1. The molecule has 2 atom stereocenters. The molecule has 2 saturated heterocycles. The van der Waals surface area contributed by atoms with Gasteiger partial charge in [-0.15, -0.1) is 11.3 Å². The second-order valence-corrected chi connectivity index (χ2v) is 9.37. The summed E-state index contributed by atoms with van der Waals surface area (Å²) in [6, 6.07) is 18.2. The fourth-order valence-corrected chi connectivity index (χ4v) is 5.69. The number of thiazole rings is 1. The van der Waals surface area contributed by atoms with Crippen molar-refractivity contribution in [1.29, 1.82) is 0 Å². The minimum atomic E-state index is -0.227. The number of hydrogen-bond acceptors (Lipinski definition) is 4. The van der Waals surface area contributed by atoms with Crippen molar-refractivity contribution in [1.82, 2.24) is 14.8 Å². The highest BCUT2D eigenvalue weighted by Crippen LogP contribution is 2.34. The van der Waals surface area contributed by atoms with E-state index in [0.29, 0.717) is 26.1 Å². The maximum absolute atomic E-state index is 13.2. The summed E-state index contributed by atoms with van der Waals surface area (Å²) in [7, 11) is 0. The van der Waals surface area contributed by atoms with Crippen LogP contribution in [0.25, 0.3) is 10.2 Å². The molecule has 154 valence electrons. The fourth-order valence-electron chi connectivity index (χ4n) is 4.60. The molecule has 5 rings (SSSR count). The average molecular weight is 420 g/mol. The van der Waals surface area contributed by atoms with E-state index in [4.69, 9.17) is 4.98 Å². The van der Waals surface area contributed by atoms with Crippen molar-refractivity contribution >= 4 is 33.4 Å². The minimum Gasteiger partial charge on any atom is -0.342 e. The SMILES string of the molecule is O=C1CC(C(=O)N2CCCC(c3nc4ccccc4s3)C2)CN1Cc1ccccc1. The Labute approximate surface area is 180 Å². The van der Waals surface area contributed by atoms with Crippen LogP contribution in [0.5, 0.6) is 0 Å². The number of rotatable bonds is 4. The van der Waals surface area contributed by atoms with Gasteiger partial charge in [-0.05, 0) is 30.5 Å². The predicted molar refractivity (Wildman–Crippen MR) is 118 cm³/mol. The molecule has 0 aliphatic carbocycles. The Morgan fingerprint density at radius 3 is 2.70 bits per heavy atom. The van der Waals surface area contributed by atoms with Crippen molar-refractivity contribution < 1.29 is 9.59 Å². The van der Waals surface area contributed by atoms with Crippen molar-refractivity contribution in [2.24, 2.45) is 5.92 Å². The monoisotopic (exact) mass is 419 g/mol. The van der Waals surface area contributed by atoms with Gasteiger partial charge in [0, 0.05) is 38.5 Å². The Hall–Kier alpha value is -2.73. The number of benzene rings is 2. The Morgan fingerprint density at radius 1 is 1.07 bits per heavy atom. The molecular formula is C24H25N3O2S. The van der Waals surface area contributed by atoms with Gasteiger partial charge in [0.15, 0.2) is 0 Å². The van der Waals surface area contributed by atoms with Crippen LogP contribution in [0.4, 0.5) is 0 Å². The van der Waals surface area contributed by atoms with E-state index >= 15 is 0 Å². The molecule has 2 aliphatic rings. The summed E-state index contributed by atoms with van der Waals surface area (Å²) in [5.41, 5.74) is 2.15. The molecule has 2 fully saturated rings. The van der Waals surface area contributed by atoms with Gasteiger partial charge in [0.25, 0.3) is 0 Å². The number of piperidine rings is 1. The molecule has 0 radical (unpaired) electrons. The molecule has 6 heteroatoms. The second-order valence-electron chi connectivity index (χ2n) is 8.30. The van der Waals surface area contributed by atoms with Crippen molar-refractivity contribution in [3.05, 3.63) is 65.2 Å². The van der Waals surface area contributed by atoms with Gasteiger partial charge < -0.3 is 9.80 Å². The van der Waals surface area contributed by atoms with Gasteiger partial charge in [0.2, 0.25) is 11.8 Å². The van der Waals surface area contributed by atoms with Gasteiger partial charge >= 0.3 is 0 Å². The van der Waals surface area contributed by atoms with E-state index in [1.807, 2.05) is 58.3 Å². The average Bonchev–Trinajstić information content (AvgIpc) is 3.38. The van der Waals surface area contributed by atoms with Crippen LogP contribution >= 0.6 is 11.3 Å². The zero-order valence-electron chi connectivity index (χ0n) is 16.9. The summed E-state index contributed by atoms with van der Waals surface area (Å²) in [6.45, 7) is 2.60. The van der Waals surface area contributed by atoms with Crippen molar-refractivity contribution in [2.75, 3.05) is 19.6 Å². The van der Waals surface area contributed by atoms with Crippen molar-refractivity contribution in [2.45, 2.75) is 31.7 Å². The lowest BCUT2D eigenvalue weighted by molar-refractivity contribution is -0.137. The van der Waals surface area contributed by atoms with Crippen molar-refractivity contribution in [3.8, 4) is 0 Å². The third kappa shape index (κ3) is 3.84. The molecular weight excluding hydrogens is 394 g/mol. The summed E-state index contributed by atoms with van der Waals surface area (Å²) in [6.07, 6.45) is 2.38. The minimum absolute atomic E-state index is 0.0805. The summed E-state index contributed by atoms with van der Waals surface area (Å²) in [5.74, 6) is 0.273. The molecule has 2 unspecified atom stereocenters. The summed E-state index contributed by atoms with van der Waals surface area (Å²) in [4.78, 5) is 34.4. The lowest BCUT2D eigenvalue weighted by Gasteiger charge is -2.33. The molecule has 30 heavy (non-hydrogen) atoms. The van der Waals surface area contributed by atoms with E-state index in [2.05, 4.69) is 6.07 Å². The molecule has 0 saturated carbocycles. The van der Waals surface area contributed by atoms with E-state index in [-0.39, 0.29) is 23.7 Å². The van der Waals surface area contributed by atoms with Crippen molar-refractivity contribution in [3.63, 3.8) is 0 Å². The van der Waals surface area contributed by atoms with Crippen LogP contribution in [-0.4, -0.2) is 46.2 Å². The summed E-state index contributed by atoms with van der Waals surface area (Å²) >= 11 is 1.74. The molecule has 2 aliphatic heterocycles. The largest absolute Gasteiger partial charge is 0.342 e. The number of fused-ring (bicyclic) bond motifs is 1. The smallest absolute Gasteiger partial charge is 0.228 e. The Kier molecular flexibility index (Phi) is 5.25. The number of nitrogens with zero attached hydrogens (tertiary/aromatic N) is 3. The number of carbonyl (C=O) groups is 2. The molecule has 3 aromatic rings. The Balaban J connectivity index is 1.25. The zero-order chi connectivity index (χ0) is 20.5. The fraction of sp³-hybridized carbons (Fsp3) is 0.375. The number of hydrogen-bond donors (Lipinski definition) is 0. The van der Waals surface area contributed by atoms with Gasteiger partial charge in [0.05, 0.1) is 21.1 Å². The topological polar surface area (TPSA) is 53.5 Å². The highest BCUT2D eigenvalue weighted by molar-refractivity contribution is 7.18. The predicted octanol–water partition coefficient (Wildman–Crippen LogP) is 4.05. The van der Waals surface area contributed by atoms with Crippen LogP contribution in [0.3, 0.4) is 0 Å². The van der Waals surface area contributed by atoms with Gasteiger partial charge in [-0.1, -0.05) is 42.5 Å². The summed E-state index contributed by atoms with van der Waals surface area (Å²) < 4.78 is 1.20. The van der Waals surface area contributed by atoms with Crippen LogP contribution in [0.2, 0.25) is 0 Å². The highest BCUT2D eigenvalue weighted by atomic mass is 32.1. The standard InChI is InChI=1S/C24H25N3O2S/c28-22-13-19(16-27(22)14-17-7-2-1-3-8-17)24(29)26-12-6-9-18(15-26)23-25-20-10-4-5-11-21(20)30-23/h1-5,7-8,10-11,18-19H,6,9,12-16H2. The molecule has 2 amide bonds. The third-order valence-electron chi connectivity index (χ3n) is 6.17. The van der Waals surface area contributed by atoms with Crippen LogP contribution in [0.1, 0.15) is 35.8 Å². The van der Waals surface area contributed by atoms with E-state index in [1.165, 1.54) is 4.70 Å². The molecule has 3 heterocycles. The maximum atomic E-state index is 13.2. The van der Waals surface area contributed by atoms with Crippen LogP contribution < -0.4 is 0 Å². The zero-order valence-corrected chi connectivity index (χ0v) is 17.7. The van der Waals surface area contributed by atoms with Gasteiger partial charge in [0.1, 0.15) is 0 Å². The van der Waals surface area contributed by atoms with E-state index in [9.17, 15) is 9.59 Å². The molecule has 5 nitrogen and oxygen atoms in total. The first-order valence-electron chi connectivity index (χ1n) is 10.6. The Morgan fingerprint density at radius 2 is 1.87 bits per heavy atom. The second kappa shape index (κ2) is 8.19. The van der Waals surface area contributed by atoms with Gasteiger partial charge in [-0.2, -0.15) is 0 Å². The highest BCUT2D eigenvalue weighted by Gasteiger charge is 2.38. The number of carbonyl (C=O) groups excluding carboxylic acids is 2. The first-order chi connectivity index (χ1) is 14.7. The van der Waals surface area contributed by atoms with Gasteiger partial charge in [-0.3, -0.25) is 9.59 Å². The molecule has 0 N–H and O–H groups in total. The third-order valence-corrected chi connectivity index (χ3v) is 7.37. The summed E-state index contributed by atoms with van der Waals surface area (Å²) in [5, 5.41) is 1.13. The molecule has 0 spiro atoms.